The summed E-state index contributed by atoms with van der Waals surface area (Å²) in [5, 5.41) is 6.05. The van der Waals surface area contributed by atoms with Gasteiger partial charge in [-0.05, 0) is 37.5 Å². The first-order valence-electron chi connectivity index (χ1n) is 5.90. The molecule has 96 valence electrons. The summed E-state index contributed by atoms with van der Waals surface area (Å²) in [5.74, 6) is -0.548. The molecule has 5 heteroatoms. The van der Waals surface area contributed by atoms with Gasteiger partial charge in [0.25, 0.3) is 0 Å². The third kappa shape index (κ3) is 3.47. The summed E-state index contributed by atoms with van der Waals surface area (Å²) in [6.45, 7) is 1.82. The van der Waals surface area contributed by atoms with Crippen molar-refractivity contribution in [1.82, 2.24) is 5.32 Å². The summed E-state index contributed by atoms with van der Waals surface area (Å²) in [6.07, 6.45) is 1.88. The Bertz CT molecular complexity index is 484. The summed E-state index contributed by atoms with van der Waals surface area (Å²) >= 11 is 5.95. The maximum absolute atomic E-state index is 11.7. The predicted molar refractivity (Wildman–Crippen MR) is 70.6 cm³/mol. The third-order valence-electron chi connectivity index (χ3n) is 2.81. The van der Waals surface area contributed by atoms with Crippen LogP contribution in [-0.4, -0.2) is 17.9 Å². The summed E-state index contributed by atoms with van der Waals surface area (Å²) in [7, 11) is 0. The Hall–Kier alpha value is -1.55. The van der Waals surface area contributed by atoms with Crippen molar-refractivity contribution in [3.8, 4) is 0 Å². The highest BCUT2D eigenvalue weighted by molar-refractivity contribution is 6.31. The number of nitrogens with one attached hydrogen (secondary N) is 2. The number of carbonyl (C=O) groups is 2. The van der Waals surface area contributed by atoms with E-state index in [1.54, 1.807) is 18.2 Å². The molecular weight excluding hydrogens is 252 g/mol. The Labute approximate surface area is 111 Å². The smallest absolute Gasteiger partial charge is 0.233 e. The number of benzene rings is 1. The molecule has 1 aliphatic rings. The van der Waals surface area contributed by atoms with Gasteiger partial charge in [-0.15, -0.1) is 0 Å². The maximum Gasteiger partial charge on any atom is 0.233 e. The number of hydrogen-bond donors (Lipinski definition) is 2. The van der Waals surface area contributed by atoms with E-state index in [-0.39, 0.29) is 24.3 Å². The molecule has 1 saturated carbocycles. The molecule has 0 aliphatic heterocycles. The highest BCUT2D eigenvalue weighted by atomic mass is 35.5. The molecule has 0 saturated heterocycles. The maximum atomic E-state index is 11.7. The van der Waals surface area contributed by atoms with Gasteiger partial charge < -0.3 is 10.6 Å². The van der Waals surface area contributed by atoms with E-state index < -0.39 is 0 Å². The van der Waals surface area contributed by atoms with Crippen molar-refractivity contribution >= 4 is 29.1 Å². The van der Waals surface area contributed by atoms with E-state index in [1.165, 1.54) is 0 Å². The minimum absolute atomic E-state index is 0.150. The molecule has 1 aromatic rings. The van der Waals surface area contributed by atoms with Gasteiger partial charge >= 0.3 is 0 Å². The van der Waals surface area contributed by atoms with Crippen LogP contribution in [-0.2, 0) is 9.59 Å². The highest BCUT2D eigenvalue weighted by Crippen LogP contribution is 2.23. The first-order valence-corrected chi connectivity index (χ1v) is 6.28. The molecule has 2 N–H and O–H groups in total. The Morgan fingerprint density at radius 1 is 1.33 bits per heavy atom. The van der Waals surface area contributed by atoms with E-state index in [4.69, 9.17) is 11.6 Å². The van der Waals surface area contributed by atoms with Crippen molar-refractivity contribution < 1.29 is 9.59 Å². The van der Waals surface area contributed by atoms with Crippen molar-refractivity contribution in [3.05, 3.63) is 28.8 Å². The zero-order valence-corrected chi connectivity index (χ0v) is 10.9. The van der Waals surface area contributed by atoms with Crippen LogP contribution in [0.4, 0.5) is 5.69 Å². The van der Waals surface area contributed by atoms with Gasteiger partial charge in [-0.3, -0.25) is 9.59 Å². The third-order valence-corrected chi connectivity index (χ3v) is 3.21. The molecule has 2 rings (SSSR count). The van der Waals surface area contributed by atoms with E-state index in [1.807, 2.05) is 6.92 Å². The fourth-order valence-electron chi connectivity index (χ4n) is 1.59. The minimum Gasteiger partial charge on any atom is -0.353 e. The lowest BCUT2D eigenvalue weighted by Gasteiger charge is -2.09. The molecule has 1 fully saturated rings. The molecule has 2 amide bonds. The quantitative estimate of drug-likeness (QED) is 0.822. The second-order valence-corrected chi connectivity index (χ2v) is 4.89. The first kappa shape index (κ1) is 12.9. The van der Waals surface area contributed by atoms with E-state index >= 15 is 0 Å². The lowest BCUT2D eigenvalue weighted by Crippen LogP contribution is -2.29. The van der Waals surface area contributed by atoms with Crippen LogP contribution in [0.1, 0.15) is 24.8 Å². The van der Waals surface area contributed by atoms with Gasteiger partial charge in [-0.1, -0.05) is 17.7 Å². The van der Waals surface area contributed by atoms with Gasteiger partial charge in [-0.2, -0.15) is 0 Å². The topological polar surface area (TPSA) is 58.2 Å². The van der Waals surface area contributed by atoms with E-state index in [9.17, 15) is 9.59 Å². The average molecular weight is 267 g/mol. The Balaban J connectivity index is 1.89. The Morgan fingerprint density at radius 2 is 2.06 bits per heavy atom. The number of halogens is 1. The lowest BCUT2D eigenvalue weighted by molar-refractivity contribution is -0.126. The second kappa shape index (κ2) is 5.40. The van der Waals surface area contributed by atoms with Gasteiger partial charge in [0.15, 0.2) is 0 Å². The molecule has 1 aliphatic carbocycles. The number of amides is 2. The lowest BCUT2D eigenvalue weighted by atomic mass is 10.2. The highest BCUT2D eigenvalue weighted by Gasteiger charge is 2.24. The number of anilines is 1. The average Bonchev–Trinajstić information content (AvgIpc) is 3.08. The standard InChI is InChI=1S/C13H15ClN2O2/c1-8-10(14)3-2-4-11(8)16-13(18)7-12(17)15-9-5-6-9/h2-4,9H,5-7H2,1H3,(H,15,17)(H,16,18). The predicted octanol–water partition coefficient (Wildman–Crippen LogP) is 2.26. The summed E-state index contributed by atoms with van der Waals surface area (Å²) in [5.41, 5.74) is 1.45. The van der Waals surface area contributed by atoms with Crippen LogP contribution >= 0.6 is 11.6 Å². The van der Waals surface area contributed by atoms with Crippen LogP contribution in [0.2, 0.25) is 5.02 Å². The van der Waals surface area contributed by atoms with Gasteiger partial charge in [-0.25, -0.2) is 0 Å². The number of rotatable bonds is 4. The zero-order chi connectivity index (χ0) is 13.1. The van der Waals surface area contributed by atoms with E-state index in [0.29, 0.717) is 10.7 Å². The van der Waals surface area contributed by atoms with E-state index in [0.717, 1.165) is 18.4 Å². The fourth-order valence-corrected chi connectivity index (χ4v) is 1.76. The molecule has 0 unspecified atom stereocenters. The SMILES string of the molecule is Cc1c(Cl)cccc1NC(=O)CC(=O)NC1CC1. The van der Waals surface area contributed by atoms with Crippen LogP contribution < -0.4 is 10.6 Å². The molecule has 4 nitrogen and oxygen atoms in total. The molecule has 0 radical (unpaired) electrons. The van der Waals surface area contributed by atoms with Crippen molar-refractivity contribution in [1.29, 1.82) is 0 Å². The second-order valence-electron chi connectivity index (χ2n) is 4.48. The zero-order valence-electron chi connectivity index (χ0n) is 10.1. The fraction of sp³-hybridized carbons (Fsp3) is 0.385. The minimum atomic E-state index is -0.321. The van der Waals surface area contributed by atoms with Crippen LogP contribution in [0, 0.1) is 6.92 Å². The van der Waals surface area contributed by atoms with Crippen LogP contribution in [0.5, 0.6) is 0 Å². The molecule has 18 heavy (non-hydrogen) atoms. The van der Waals surface area contributed by atoms with Crippen molar-refractivity contribution in [3.63, 3.8) is 0 Å². The molecular formula is C13H15ClN2O2. The van der Waals surface area contributed by atoms with Gasteiger partial charge in [0.2, 0.25) is 11.8 Å². The first-order chi connectivity index (χ1) is 8.56. The monoisotopic (exact) mass is 266 g/mol. The van der Waals surface area contributed by atoms with Gasteiger partial charge in [0.1, 0.15) is 6.42 Å². The molecule has 0 spiro atoms. The largest absolute Gasteiger partial charge is 0.353 e. The number of carbonyl (C=O) groups excluding carboxylic acids is 2. The van der Waals surface area contributed by atoms with Crippen LogP contribution in [0.3, 0.4) is 0 Å². The van der Waals surface area contributed by atoms with Gasteiger partial charge in [0, 0.05) is 16.8 Å². The molecule has 0 heterocycles. The Morgan fingerprint density at radius 3 is 2.72 bits per heavy atom. The number of hydrogen-bond acceptors (Lipinski definition) is 2. The normalized spacial score (nSPS) is 14.1. The van der Waals surface area contributed by atoms with E-state index in [2.05, 4.69) is 10.6 Å². The van der Waals surface area contributed by atoms with Crippen LogP contribution in [0.25, 0.3) is 0 Å². The summed E-state index contributed by atoms with van der Waals surface area (Å²) in [4.78, 5) is 23.1. The van der Waals surface area contributed by atoms with Crippen molar-refractivity contribution in [2.75, 3.05) is 5.32 Å². The van der Waals surface area contributed by atoms with Crippen molar-refractivity contribution in [2.45, 2.75) is 32.2 Å². The van der Waals surface area contributed by atoms with Crippen LogP contribution in [0.15, 0.2) is 18.2 Å². The molecule has 0 atom stereocenters. The van der Waals surface area contributed by atoms with Crippen molar-refractivity contribution in [2.24, 2.45) is 0 Å². The molecule has 1 aromatic carbocycles. The molecule has 0 aromatic heterocycles. The summed E-state index contributed by atoms with van der Waals surface area (Å²) < 4.78 is 0. The van der Waals surface area contributed by atoms with Gasteiger partial charge in [0.05, 0.1) is 0 Å². The Kier molecular flexibility index (Phi) is 3.87. The molecule has 0 bridgehead atoms. The summed E-state index contributed by atoms with van der Waals surface area (Å²) in [6, 6.07) is 5.55.